The molecule has 9 nitrogen and oxygen atoms in total. The standard InChI is InChI=1S/C34H39N5O4/c1-3-24(2)32(36-33(40)18-30-19-35-23-38(30)20-25-14-16-29(17-15-25)39(42)43)22-37(34(41)27-10-7-11-27)21-28-12-6-9-26-8-4-5-13-31(26)28/h4-6,8-9,12-17,19,23-24,27,32H,3,7,10-11,18,20-22H2,1-2H3,(H,36,40)/t24-,32+/m0/s1. The number of fused-ring (bicyclic) bond motifs is 1. The highest BCUT2D eigenvalue weighted by molar-refractivity contribution is 5.86. The predicted octanol–water partition coefficient (Wildman–Crippen LogP) is 5.90. The van der Waals surface area contributed by atoms with Crippen molar-refractivity contribution in [1.29, 1.82) is 0 Å². The van der Waals surface area contributed by atoms with Crippen LogP contribution in [0.2, 0.25) is 0 Å². The first kappa shape index (κ1) is 29.9. The normalized spacial score (nSPS) is 14.6. The molecule has 9 heteroatoms. The fourth-order valence-electron chi connectivity index (χ4n) is 5.65. The summed E-state index contributed by atoms with van der Waals surface area (Å²) in [5, 5.41) is 16.5. The average molecular weight is 582 g/mol. The lowest BCUT2D eigenvalue weighted by Crippen LogP contribution is -2.50. The monoisotopic (exact) mass is 581 g/mol. The van der Waals surface area contributed by atoms with Crippen LogP contribution in [0.5, 0.6) is 0 Å². The minimum absolute atomic E-state index is 0.0374. The van der Waals surface area contributed by atoms with Crippen molar-refractivity contribution in [2.75, 3.05) is 6.54 Å². The molecule has 0 radical (unpaired) electrons. The number of hydrogen-bond acceptors (Lipinski definition) is 5. The van der Waals surface area contributed by atoms with Crippen molar-refractivity contribution in [1.82, 2.24) is 19.8 Å². The molecule has 0 aliphatic heterocycles. The maximum absolute atomic E-state index is 13.7. The van der Waals surface area contributed by atoms with E-state index in [0.29, 0.717) is 19.6 Å². The van der Waals surface area contributed by atoms with E-state index in [4.69, 9.17) is 0 Å². The summed E-state index contributed by atoms with van der Waals surface area (Å²) >= 11 is 0. The molecule has 224 valence electrons. The molecule has 1 aromatic heterocycles. The lowest BCUT2D eigenvalue weighted by Gasteiger charge is -2.36. The molecule has 1 saturated carbocycles. The van der Waals surface area contributed by atoms with Crippen LogP contribution in [0.15, 0.2) is 79.3 Å². The van der Waals surface area contributed by atoms with Crippen LogP contribution >= 0.6 is 0 Å². The van der Waals surface area contributed by atoms with E-state index in [1.54, 1.807) is 24.7 Å². The number of carbonyl (C=O) groups excluding carboxylic acids is 2. The van der Waals surface area contributed by atoms with Crippen LogP contribution in [-0.4, -0.2) is 43.8 Å². The van der Waals surface area contributed by atoms with Gasteiger partial charge in [0.15, 0.2) is 0 Å². The second-order valence-electron chi connectivity index (χ2n) is 11.7. The Morgan fingerprint density at radius 2 is 1.84 bits per heavy atom. The summed E-state index contributed by atoms with van der Waals surface area (Å²) in [6.45, 7) is 5.62. The number of imidazole rings is 1. The van der Waals surface area contributed by atoms with E-state index in [1.165, 1.54) is 12.1 Å². The van der Waals surface area contributed by atoms with Gasteiger partial charge in [-0.2, -0.15) is 0 Å². The zero-order valence-corrected chi connectivity index (χ0v) is 24.8. The van der Waals surface area contributed by atoms with Gasteiger partial charge in [-0.25, -0.2) is 4.98 Å². The van der Waals surface area contributed by atoms with Crippen LogP contribution < -0.4 is 5.32 Å². The summed E-state index contributed by atoms with van der Waals surface area (Å²) in [7, 11) is 0. The highest BCUT2D eigenvalue weighted by atomic mass is 16.6. The second kappa shape index (κ2) is 13.6. The number of nitrogens with one attached hydrogen (secondary N) is 1. The van der Waals surface area contributed by atoms with E-state index in [9.17, 15) is 19.7 Å². The zero-order chi connectivity index (χ0) is 30.3. The third-order valence-electron chi connectivity index (χ3n) is 8.74. The van der Waals surface area contributed by atoms with Gasteiger partial charge in [-0.05, 0) is 40.7 Å². The molecule has 5 rings (SSSR count). The summed E-state index contributed by atoms with van der Waals surface area (Å²) in [6, 6.07) is 20.6. The number of nitro benzene ring substituents is 1. The van der Waals surface area contributed by atoms with Crippen molar-refractivity contribution in [3.8, 4) is 0 Å². The Morgan fingerprint density at radius 3 is 2.53 bits per heavy atom. The van der Waals surface area contributed by atoms with Crippen molar-refractivity contribution < 1.29 is 14.5 Å². The maximum atomic E-state index is 13.7. The molecule has 0 bridgehead atoms. The van der Waals surface area contributed by atoms with Crippen molar-refractivity contribution in [2.45, 2.75) is 65.1 Å². The van der Waals surface area contributed by atoms with E-state index in [0.717, 1.165) is 53.3 Å². The van der Waals surface area contributed by atoms with Crippen LogP contribution in [0.4, 0.5) is 5.69 Å². The van der Waals surface area contributed by atoms with Gasteiger partial charge in [0.1, 0.15) is 0 Å². The maximum Gasteiger partial charge on any atom is 0.269 e. The predicted molar refractivity (Wildman–Crippen MR) is 166 cm³/mol. The van der Waals surface area contributed by atoms with Crippen LogP contribution in [0, 0.1) is 22.0 Å². The summed E-state index contributed by atoms with van der Waals surface area (Å²) in [5.41, 5.74) is 2.77. The Bertz CT molecular complexity index is 1570. The lowest BCUT2D eigenvalue weighted by molar-refractivity contribution is -0.384. The van der Waals surface area contributed by atoms with Crippen LogP contribution in [0.25, 0.3) is 10.8 Å². The number of amides is 2. The summed E-state index contributed by atoms with van der Waals surface area (Å²) in [5.74, 6) is 0.259. The van der Waals surface area contributed by atoms with Gasteiger partial charge in [-0.15, -0.1) is 0 Å². The molecule has 0 unspecified atom stereocenters. The van der Waals surface area contributed by atoms with Crippen molar-refractivity contribution in [2.24, 2.45) is 11.8 Å². The first-order chi connectivity index (χ1) is 20.8. The van der Waals surface area contributed by atoms with Gasteiger partial charge in [0.2, 0.25) is 11.8 Å². The highest BCUT2D eigenvalue weighted by Gasteiger charge is 2.32. The van der Waals surface area contributed by atoms with E-state index >= 15 is 0 Å². The number of non-ortho nitro benzene ring substituents is 1. The number of benzene rings is 3. The van der Waals surface area contributed by atoms with Crippen molar-refractivity contribution >= 4 is 28.3 Å². The Morgan fingerprint density at radius 1 is 1.09 bits per heavy atom. The average Bonchev–Trinajstić information content (AvgIpc) is 3.41. The van der Waals surface area contributed by atoms with E-state index < -0.39 is 4.92 Å². The number of aromatic nitrogens is 2. The molecule has 4 aromatic rings. The van der Waals surface area contributed by atoms with Gasteiger partial charge in [0, 0.05) is 55.6 Å². The lowest BCUT2D eigenvalue weighted by atomic mass is 9.84. The largest absolute Gasteiger partial charge is 0.351 e. The third kappa shape index (κ3) is 7.28. The van der Waals surface area contributed by atoms with Crippen LogP contribution in [0.1, 0.15) is 56.4 Å². The molecular formula is C34H39N5O4. The number of nitrogens with zero attached hydrogens (tertiary/aromatic N) is 4. The number of carbonyl (C=O) groups is 2. The van der Waals surface area contributed by atoms with Gasteiger partial charge in [0.05, 0.1) is 17.7 Å². The van der Waals surface area contributed by atoms with E-state index in [2.05, 4.69) is 48.4 Å². The van der Waals surface area contributed by atoms with E-state index in [1.807, 2.05) is 27.7 Å². The molecular weight excluding hydrogens is 542 g/mol. The minimum Gasteiger partial charge on any atom is -0.351 e. The minimum atomic E-state index is -0.423. The summed E-state index contributed by atoms with van der Waals surface area (Å²) < 4.78 is 1.88. The summed E-state index contributed by atoms with van der Waals surface area (Å²) in [6.07, 6.45) is 7.27. The smallest absolute Gasteiger partial charge is 0.269 e. The SMILES string of the molecule is CC[C@H](C)[C@@H](CN(Cc1cccc2ccccc12)C(=O)C1CCC1)NC(=O)Cc1cncn1Cc1ccc([N+](=O)[O-])cc1. The van der Waals surface area contributed by atoms with Crippen molar-refractivity contribution in [3.63, 3.8) is 0 Å². The molecule has 1 fully saturated rings. The third-order valence-corrected chi connectivity index (χ3v) is 8.74. The number of rotatable bonds is 13. The molecule has 1 heterocycles. The molecule has 43 heavy (non-hydrogen) atoms. The number of nitro groups is 1. The Labute approximate surface area is 252 Å². The first-order valence-electron chi connectivity index (χ1n) is 15.1. The fourth-order valence-corrected chi connectivity index (χ4v) is 5.65. The van der Waals surface area contributed by atoms with Gasteiger partial charge >= 0.3 is 0 Å². The molecule has 0 spiro atoms. The molecule has 0 saturated heterocycles. The van der Waals surface area contributed by atoms with Crippen LogP contribution in [-0.2, 0) is 29.1 Å². The Hall–Kier alpha value is -4.53. The Kier molecular flexibility index (Phi) is 9.49. The molecule has 1 aliphatic carbocycles. The molecule has 2 atom stereocenters. The fraction of sp³-hybridized carbons (Fsp3) is 0.382. The van der Waals surface area contributed by atoms with Gasteiger partial charge < -0.3 is 14.8 Å². The second-order valence-corrected chi connectivity index (χ2v) is 11.7. The molecule has 1 N–H and O–H groups in total. The van der Waals surface area contributed by atoms with E-state index in [-0.39, 0.29) is 41.8 Å². The van der Waals surface area contributed by atoms with Gasteiger partial charge in [0.25, 0.3) is 5.69 Å². The molecule has 2 amide bonds. The molecule has 1 aliphatic rings. The first-order valence-corrected chi connectivity index (χ1v) is 15.1. The molecule has 3 aromatic carbocycles. The van der Waals surface area contributed by atoms with Gasteiger partial charge in [-0.3, -0.25) is 19.7 Å². The quantitative estimate of drug-likeness (QED) is 0.156. The summed E-state index contributed by atoms with van der Waals surface area (Å²) in [4.78, 5) is 43.9. The van der Waals surface area contributed by atoms with Gasteiger partial charge in [-0.1, -0.05) is 81.3 Å². The highest BCUT2D eigenvalue weighted by Crippen LogP contribution is 2.30. The topological polar surface area (TPSA) is 110 Å². The number of hydrogen-bond donors (Lipinski definition) is 1. The van der Waals surface area contributed by atoms with Crippen LogP contribution in [0.3, 0.4) is 0 Å². The Balaban J connectivity index is 1.30. The van der Waals surface area contributed by atoms with Crippen molar-refractivity contribution in [3.05, 3.63) is 106 Å². The zero-order valence-electron chi connectivity index (χ0n) is 24.8.